The van der Waals surface area contributed by atoms with Crippen LogP contribution in [0.15, 0.2) is 91.0 Å². The first kappa shape index (κ1) is 21.7. The molecular formula is C24H18F3NO3S. The van der Waals surface area contributed by atoms with Gasteiger partial charge in [0.15, 0.2) is 0 Å². The standard InChI is InChI=1S/C24H18F3NO3S/c25-24(26,27)32(29,30)28-21-12-13-22-20(15-21)10-5-11-23(22)31-16-17-6-4-9-19(14-17)18-7-2-1-3-8-18/h1-15,28H,16H2. The van der Waals surface area contributed by atoms with Crippen LogP contribution in [0.25, 0.3) is 21.9 Å². The normalized spacial score (nSPS) is 12.0. The van der Waals surface area contributed by atoms with Gasteiger partial charge in [-0.1, -0.05) is 60.7 Å². The molecule has 8 heteroatoms. The van der Waals surface area contributed by atoms with Crippen LogP contribution >= 0.6 is 0 Å². The maximum Gasteiger partial charge on any atom is 0.516 e. The Balaban J connectivity index is 1.55. The first-order chi connectivity index (χ1) is 15.2. The molecule has 4 nitrogen and oxygen atoms in total. The number of anilines is 1. The Morgan fingerprint density at radius 3 is 2.25 bits per heavy atom. The van der Waals surface area contributed by atoms with E-state index >= 15 is 0 Å². The summed E-state index contributed by atoms with van der Waals surface area (Å²) < 4.78 is 68.1. The van der Waals surface area contributed by atoms with Gasteiger partial charge < -0.3 is 4.74 Å². The summed E-state index contributed by atoms with van der Waals surface area (Å²) in [5.74, 6) is 0.540. The third-order valence-corrected chi connectivity index (χ3v) is 5.94. The van der Waals surface area contributed by atoms with E-state index in [4.69, 9.17) is 4.74 Å². The van der Waals surface area contributed by atoms with Crippen molar-refractivity contribution in [1.29, 1.82) is 0 Å². The summed E-state index contributed by atoms with van der Waals surface area (Å²) in [4.78, 5) is 0. The first-order valence-corrected chi connectivity index (χ1v) is 11.1. The van der Waals surface area contributed by atoms with Gasteiger partial charge in [0.2, 0.25) is 0 Å². The summed E-state index contributed by atoms with van der Waals surface area (Å²) in [7, 11) is -5.48. The number of nitrogens with one attached hydrogen (secondary N) is 1. The van der Waals surface area contributed by atoms with Crippen molar-refractivity contribution in [3.05, 3.63) is 96.6 Å². The molecule has 164 valence electrons. The highest BCUT2D eigenvalue weighted by atomic mass is 32.2. The molecule has 0 aliphatic carbocycles. The Morgan fingerprint density at radius 2 is 1.50 bits per heavy atom. The Kier molecular flexibility index (Phi) is 5.80. The summed E-state index contributed by atoms with van der Waals surface area (Å²) in [5.41, 5.74) is -2.46. The Labute approximate surface area is 183 Å². The van der Waals surface area contributed by atoms with E-state index in [0.29, 0.717) is 23.1 Å². The fourth-order valence-electron chi connectivity index (χ4n) is 3.29. The van der Waals surface area contributed by atoms with Crippen molar-refractivity contribution in [2.24, 2.45) is 0 Å². The van der Waals surface area contributed by atoms with Crippen LogP contribution in [0.5, 0.6) is 5.75 Å². The van der Waals surface area contributed by atoms with Gasteiger partial charge >= 0.3 is 15.5 Å². The molecule has 0 unspecified atom stereocenters. The second-order valence-electron chi connectivity index (χ2n) is 7.10. The minimum atomic E-state index is -5.48. The van der Waals surface area contributed by atoms with Gasteiger partial charge in [-0.05, 0) is 52.4 Å². The number of hydrogen-bond acceptors (Lipinski definition) is 3. The average molecular weight is 457 g/mol. The number of ether oxygens (including phenoxy) is 1. The maximum atomic E-state index is 12.6. The number of alkyl halides is 3. The van der Waals surface area contributed by atoms with Gasteiger partial charge in [0.05, 0.1) is 0 Å². The minimum absolute atomic E-state index is 0.178. The molecule has 0 heterocycles. The highest BCUT2D eigenvalue weighted by molar-refractivity contribution is 7.93. The van der Waals surface area contributed by atoms with Crippen molar-refractivity contribution in [1.82, 2.24) is 0 Å². The van der Waals surface area contributed by atoms with E-state index in [1.165, 1.54) is 18.2 Å². The molecule has 0 saturated carbocycles. The van der Waals surface area contributed by atoms with Crippen LogP contribution in [-0.2, 0) is 16.6 Å². The molecule has 0 aromatic heterocycles. The van der Waals surface area contributed by atoms with Crippen LogP contribution in [0.1, 0.15) is 5.56 Å². The summed E-state index contributed by atoms with van der Waals surface area (Å²) in [6, 6.07) is 27.1. The van der Waals surface area contributed by atoms with E-state index in [2.05, 4.69) is 0 Å². The van der Waals surface area contributed by atoms with Crippen LogP contribution in [0, 0.1) is 0 Å². The van der Waals surface area contributed by atoms with Gasteiger partial charge in [-0.25, -0.2) is 0 Å². The van der Waals surface area contributed by atoms with Crippen LogP contribution < -0.4 is 9.46 Å². The zero-order valence-electron chi connectivity index (χ0n) is 16.6. The summed E-state index contributed by atoms with van der Waals surface area (Å²) >= 11 is 0. The molecule has 0 radical (unpaired) electrons. The van der Waals surface area contributed by atoms with Crippen molar-refractivity contribution in [3.8, 4) is 16.9 Å². The molecule has 0 atom stereocenters. The van der Waals surface area contributed by atoms with Gasteiger partial charge in [-0.3, -0.25) is 4.72 Å². The number of sulfonamides is 1. The van der Waals surface area contributed by atoms with Gasteiger partial charge in [0.1, 0.15) is 12.4 Å². The lowest BCUT2D eigenvalue weighted by Crippen LogP contribution is -2.29. The molecule has 0 aliphatic heterocycles. The lowest BCUT2D eigenvalue weighted by atomic mass is 10.0. The van der Waals surface area contributed by atoms with E-state index in [0.717, 1.165) is 16.7 Å². The number of halogens is 3. The lowest BCUT2D eigenvalue weighted by molar-refractivity contribution is -0.0429. The predicted molar refractivity (Wildman–Crippen MR) is 119 cm³/mol. The van der Waals surface area contributed by atoms with E-state index in [9.17, 15) is 21.6 Å². The zero-order valence-corrected chi connectivity index (χ0v) is 17.5. The molecule has 0 bridgehead atoms. The second kappa shape index (κ2) is 8.55. The SMILES string of the molecule is O=S(=O)(Nc1ccc2c(OCc3cccc(-c4ccccc4)c3)cccc2c1)C(F)(F)F. The van der Waals surface area contributed by atoms with E-state index in [-0.39, 0.29) is 5.69 Å². The quantitative estimate of drug-likeness (QED) is 0.367. The predicted octanol–water partition coefficient (Wildman–Crippen LogP) is 6.35. The molecule has 0 spiro atoms. The van der Waals surface area contributed by atoms with Gasteiger partial charge in [-0.2, -0.15) is 21.6 Å². The van der Waals surface area contributed by atoms with Crippen molar-refractivity contribution in [2.45, 2.75) is 12.1 Å². The zero-order chi connectivity index (χ0) is 22.8. The van der Waals surface area contributed by atoms with Crippen molar-refractivity contribution in [3.63, 3.8) is 0 Å². The van der Waals surface area contributed by atoms with Crippen LogP contribution in [0.2, 0.25) is 0 Å². The van der Waals surface area contributed by atoms with Crippen LogP contribution in [0.3, 0.4) is 0 Å². The van der Waals surface area contributed by atoms with E-state index in [1.54, 1.807) is 22.9 Å². The molecule has 0 aliphatic rings. The van der Waals surface area contributed by atoms with Crippen LogP contribution in [-0.4, -0.2) is 13.9 Å². The molecule has 4 aromatic carbocycles. The third-order valence-electron chi connectivity index (χ3n) is 4.83. The summed E-state index contributed by atoms with van der Waals surface area (Å²) in [6.45, 7) is 0.294. The minimum Gasteiger partial charge on any atom is -0.488 e. The molecule has 4 rings (SSSR count). The molecule has 32 heavy (non-hydrogen) atoms. The van der Waals surface area contributed by atoms with E-state index < -0.39 is 15.5 Å². The maximum absolute atomic E-state index is 12.6. The number of rotatable bonds is 6. The van der Waals surface area contributed by atoms with Gasteiger partial charge in [0, 0.05) is 11.1 Å². The van der Waals surface area contributed by atoms with Crippen molar-refractivity contribution >= 4 is 26.5 Å². The largest absolute Gasteiger partial charge is 0.516 e. The number of hydrogen-bond donors (Lipinski definition) is 1. The van der Waals surface area contributed by atoms with E-state index in [1.807, 2.05) is 54.6 Å². The van der Waals surface area contributed by atoms with Crippen molar-refractivity contribution in [2.75, 3.05) is 4.72 Å². The average Bonchev–Trinajstić information content (AvgIpc) is 2.77. The summed E-state index contributed by atoms with van der Waals surface area (Å²) in [6.07, 6.45) is 0. The van der Waals surface area contributed by atoms with Gasteiger partial charge in [-0.15, -0.1) is 0 Å². The third kappa shape index (κ3) is 4.70. The molecule has 4 aromatic rings. The Bertz CT molecular complexity index is 1350. The molecule has 1 N–H and O–H groups in total. The smallest absolute Gasteiger partial charge is 0.488 e. The monoisotopic (exact) mass is 457 g/mol. The Hall–Kier alpha value is -3.52. The van der Waals surface area contributed by atoms with Crippen LogP contribution in [0.4, 0.5) is 18.9 Å². The van der Waals surface area contributed by atoms with Crippen molar-refractivity contribution < 1.29 is 26.3 Å². The fraction of sp³-hybridized carbons (Fsp3) is 0.0833. The fourth-order valence-corrected chi connectivity index (χ4v) is 3.84. The summed E-state index contributed by atoms with van der Waals surface area (Å²) in [5, 5.41) is 1.20. The lowest BCUT2D eigenvalue weighted by Gasteiger charge is -2.13. The first-order valence-electron chi connectivity index (χ1n) is 9.62. The molecular weight excluding hydrogens is 439 g/mol. The number of fused-ring (bicyclic) bond motifs is 1. The topological polar surface area (TPSA) is 55.4 Å². The second-order valence-corrected chi connectivity index (χ2v) is 8.77. The highest BCUT2D eigenvalue weighted by Crippen LogP contribution is 2.31. The molecule has 0 saturated heterocycles. The van der Waals surface area contributed by atoms with Gasteiger partial charge in [0.25, 0.3) is 0 Å². The highest BCUT2D eigenvalue weighted by Gasteiger charge is 2.46. The molecule has 0 fully saturated rings. The molecule has 0 amide bonds. The number of benzene rings is 4. The Morgan fingerprint density at radius 1 is 0.781 bits per heavy atom.